The smallest absolute Gasteiger partial charge is 0.261 e. The Bertz CT molecular complexity index is 879. The van der Waals surface area contributed by atoms with Crippen molar-refractivity contribution in [3.8, 4) is 11.3 Å². The minimum Gasteiger partial charge on any atom is -0.467 e. The summed E-state index contributed by atoms with van der Waals surface area (Å²) in [5.74, 6) is 0.199. The standard InChI is InChI=1S/C18H16N2O3/c1-12-4-2-5-13(10-12)16-8-7-15(18(22)20-16)17(21)19-11-14-6-3-9-23-14/h2-10H,11H2,1H3,(H,19,21)(H,20,22). The van der Waals surface area contributed by atoms with Gasteiger partial charge in [-0.2, -0.15) is 0 Å². The van der Waals surface area contributed by atoms with Crippen LogP contribution in [0.25, 0.3) is 11.3 Å². The van der Waals surface area contributed by atoms with Crippen molar-refractivity contribution in [3.05, 3.63) is 82.0 Å². The van der Waals surface area contributed by atoms with Crippen molar-refractivity contribution in [1.82, 2.24) is 10.3 Å². The molecule has 0 spiro atoms. The minimum absolute atomic E-state index is 0.0768. The molecule has 5 nitrogen and oxygen atoms in total. The average Bonchev–Trinajstić information content (AvgIpc) is 3.06. The van der Waals surface area contributed by atoms with E-state index >= 15 is 0 Å². The molecule has 0 fully saturated rings. The van der Waals surface area contributed by atoms with Gasteiger partial charge in [-0.3, -0.25) is 9.59 Å². The van der Waals surface area contributed by atoms with Crippen LogP contribution in [0.3, 0.4) is 0 Å². The molecular weight excluding hydrogens is 292 g/mol. The first kappa shape index (κ1) is 14.8. The van der Waals surface area contributed by atoms with E-state index in [0.717, 1.165) is 11.1 Å². The van der Waals surface area contributed by atoms with Crippen LogP contribution in [0, 0.1) is 6.92 Å². The molecule has 0 radical (unpaired) electrons. The van der Waals surface area contributed by atoms with Crippen LogP contribution in [-0.2, 0) is 6.54 Å². The molecule has 0 saturated heterocycles. The van der Waals surface area contributed by atoms with E-state index in [1.807, 2.05) is 31.2 Å². The Morgan fingerprint density at radius 2 is 2.04 bits per heavy atom. The fourth-order valence-electron chi connectivity index (χ4n) is 2.31. The third-order valence-electron chi connectivity index (χ3n) is 3.49. The number of aromatic nitrogens is 1. The number of hydrogen-bond acceptors (Lipinski definition) is 3. The summed E-state index contributed by atoms with van der Waals surface area (Å²) in [6.07, 6.45) is 1.53. The van der Waals surface area contributed by atoms with Crippen molar-refractivity contribution in [2.24, 2.45) is 0 Å². The Hall–Kier alpha value is -3.08. The number of nitrogens with one attached hydrogen (secondary N) is 2. The van der Waals surface area contributed by atoms with Crippen molar-refractivity contribution in [1.29, 1.82) is 0 Å². The average molecular weight is 308 g/mol. The van der Waals surface area contributed by atoms with Gasteiger partial charge in [0.1, 0.15) is 11.3 Å². The molecule has 3 aromatic rings. The van der Waals surface area contributed by atoms with E-state index < -0.39 is 11.5 Å². The summed E-state index contributed by atoms with van der Waals surface area (Å²) in [6, 6.07) is 14.6. The second-order valence-electron chi connectivity index (χ2n) is 5.25. The molecule has 0 aliphatic rings. The molecule has 0 atom stereocenters. The summed E-state index contributed by atoms with van der Waals surface area (Å²) in [6.45, 7) is 2.23. The van der Waals surface area contributed by atoms with Gasteiger partial charge >= 0.3 is 0 Å². The van der Waals surface area contributed by atoms with E-state index in [-0.39, 0.29) is 12.1 Å². The zero-order valence-electron chi connectivity index (χ0n) is 12.6. The summed E-state index contributed by atoms with van der Waals surface area (Å²) in [4.78, 5) is 27.0. The molecule has 0 aliphatic heterocycles. The van der Waals surface area contributed by atoms with E-state index in [4.69, 9.17) is 4.42 Å². The van der Waals surface area contributed by atoms with Gasteiger partial charge in [0.15, 0.2) is 0 Å². The van der Waals surface area contributed by atoms with Crippen molar-refractivity contribution >= 4 is 5.91 Å². The van der Waals surface area contributed by atoms with E-state index in [1.165, 1.54) is 12.3 Å². The van der Waals surface area contributed by atoms with Gasteiger partial charge in [-0.1, -0.05) is 23.8 Å². The molecule has 0 unspecified atom stereocenters. The van der Waals surface area contributed by atoms with E-state index in [2.05, 4.69) is 10.3 Å². The molecule has 2 aromatic heterocycles. The number of carbonyl (C=O) groups excluding carboxylic acids is 1. The summed E-state index contributed by atoms with van der Waals surface area (Å²) >= 11 is 0. The number of aromatic amines is 1. The maximum atomic E-state index is 12.2. The molecule has 116 valence electrons. The molecule has 0 aliphatic carbocycles. The van der Waals surface area contributed by atoms with Gasteiger partial charge in [-0.25, -0.2) is 0 Å². The fourth-order valence-corrected chi connectivity index (χ4v) is 2.31. The van der Waals surface area contributed by atoms with Crippen LogP contribution in [0.4, 0.5) is 0 Å². The SMILES string of the molecule is Cc1cccc(-c2ccc(C(=O)NCc3ccco3)c(=O)[nH]2)c1. The molecule has 1 amide bonds. The van der Waals surface area contributed by atoms with E-state index in [0.29, 0.717) is 11.5 Å². The topological polar surface area (TPSA) is 75.1 Å². The molecule has 23 heavy (non-hydrogen) atoms. The lowest BCUT2D eigenvalue weighted by molar-refractivity contribution is 0.0946. The third-order valence-corrected chi connectivity index (χ3v) is 3.49. The number of amides is 1. The number of benzene rings is 1. The maximum Gasteiger partial charge on any atom is 0.261 e. The Labute approximate surface area is 133 Å². The van der Waals surface area contributed by atoms with Crippen LogP contribution in [-0.4, -0.2) is 10.9 Å². The largest absolute Gasteiger partial charge is 0.467 e. The molecule has 0 saturated carbocycles. The van der Waals surface area contributed by atoms with Gasteiger partial charge in [-0.15, -0.1) is 0 Å². The number of H-pyrrole nitrogens is 1. The Kier molecular flexibility index (Phi) is 4.10. The maximum absolute atomic E-state index is 12.2. The lowest BCUT2D eigenvalue weighted by Crippen LogP contribution is -2.29. The summed E-state index contributed by atoms with van der Waals surface area (Å²) in [5.41, 5.74) is 2.35. The lowest BCUT2D eigenvalue weighted by Gasteiger charge is -2.06. The first-order valence-electron chi connectivity index (χ1n) is 7.24. The molecule has 2 N–H and O–H groups in total. The Morgan fingerprint density at radius 1 is 1.17 bits per heavy atom. The zero-order chi connectivity index (χ0) is 16.2. The van der Waals surface area contributed by atoms with Gasteiger partial charge in [0.2, 0.25) is 0 Å². The number of pyridine rings is 1. The number of hydrogen-bond donors (Lipinski definition) is 2. The summed E-state index contributed by atoms with van der Waals surface area (Å²) in [7, 11) is 0. The highest BCUT2D eigenvalue weighted by atomic mass is 16.3. The van der Waals surface area contributed by atoms with Crippen LogP contribution in [0.1, 0.15) is 21.7 Å². The number of carbonyl (C=O) groups is 1. The molecule has 0 bridgehead atoms. The van der Waals surface area contributed by atoms with Crippen LogP contribution >= 0.6 is 0 Å². The lowest BCUT2D eigenvalue weighted by atomic mass is 10.1. The quantitative estimate of drug-likeness (QED) is 0.778. The highest BCUT2D eigenvalue weighted by Gasteiger charge is 2.11. The Balaban J connectivity index is 1.79. The minimum atomic E-state index is -0.432. The fraction of sp³-hybridized carbons (Fsp3) is 0.111. The van der Waals surface area contributed by atoms with Gasteiger partial charge in [0.05, 0.1) is 12.8 Å². The zero-order valence-corrected chi connectivity index (χ0v) is 12.6. The van der Waals surface area contributed by atoms with Crippen molar-refractivity contribution in [3.63, 3.8) is 0 Å². The monoisotopic (exact) mass is 308 g/mol. The molecule has 1 aromatic carbocycles. The third kappa shape index (κ3) is 3.40. The second kappa shape index (κ2) is 6.36. The van der Waals surface area contributed by atoms with Crippen molar-refractivity contribution in [2.75, 3.05) is 0 Å². The predicted octanol–water partition coefficient (Wildman–Crippen LogP) is 2.87. The molecule has 3 rings (SSSR count). The predicted molar refractivity (Wildman–Crippen MR) is 87.1 cm³/mol. The first-order chi connectivity index (χ1) is 11.1. The van der Waals surface area contributed by atoms with Crippen LogP contribution in [0.2, 0.25) is 0 Å². The highest BCUT2D eigenvalue weighted by Crippen LogP contribution is 2.16. The molecule has 5 heteroatoms. The second-order valence-corrected chi connectivity index (χ2v) is 5.25. The molecular formula is C18H16N2O3. The van der Waals surface area contributed by atoms with Crippen molar-refractivity contribution in [2.45, 2.75) is 13.5 Å². The van der Waals surface area contributed by atoms with Gasteiger partial charge in [-0.05, 0) is 42.8 Å². The Morgan fingerprint density at radius 3 is 2.74 bits per heavy atom. The number of aryl methyl sites for hydroxylation is 1. The summed E-state index contributed by atoms with van der Waals surface area (Å²) < 4.78 is 5.14. The van der Waals surface area contributed by atoms with Gasteiger partial charge < -0.3 is 14.7 Å². The number of rotatable bonds is 4. The number of furan rings is 1. The molecule has 2 heterocycles. The van der Waals surface area contributed by atoms with Gasteiger partial charge in [0.25, 0.3) is 11.5 Å². The highest BCUT2D eigenvalue weighted by molar-refractivity contribution is 5.94. The summed E-state index contributed by atoms with van der Waals surface area (Å²) in [5, 5.41) is 2.66. The van der Waals surface area contributed by atoms with Gasteiger partial charge in [0, 0.05) is 5.69 Å². The normalized spacial score (nSPS) is 10.5. The van der Waals surface area contributed by atoms with Crippen LogP contribution < -0.4 is 10.9 Å². The van der Waals surface area contributed by atoms with Crippen molar-refractivity contribution < 1.29 is 9.21 Å². The van der Waals surface area contributed by atoms with Crippen LogP contribution in [0.5, 0.6) is 0 Å². The van der Waals surface area contributed by atoms with E-state index in [9.17, 15) is 9.59 Å². The first-order valence-corrected chi connectivity index (χ1v) is 7.24. The van der Waals surface area contributed by atoms with E-state index in [1.54, 1.807) is 18.2 Å². The van der Waals surface area contributed by atoms with Crippen LogP contribution in [0.15, 0.2) is 64.0 Å².